The van der Waals surface area contributed by atoms with E-state index in [9.17, 15) is 5.11 Å². The van der Waals surface area contributed by atoms with Crippen molar-refractivity contribution in [3.63, 3.8) is 0 Å². The molecular weight excluding hydrogens is 325 g/mol. The second-order valence-electron chi connectivity index (χ2n) is 5.96. The number of likely N-dealkylation sites (tertiary alicyclic amines) is 1. The smallest absolute Gasteiger partial charge is 0.0649 e. The van der Waals surface area contributed by atoms with Gasteiger partial charge in [0.1, 0.15) is 0 Å². The Morgan fingerprint density at radius 1 is 1.23 bits per heavy atom. The predicted molar refractivity (Wildman–Crippen MR) is 88.2 cm³/mol. The van der Waals surface area contributed by atoms with Crippen molar-refractivity contribution in [1.82, 2.24) is 14.8 Å². The number of nitrogens with zero attached hydrogens (tertiary/aromatic N) is 3. The van der Waals surface area contributed by atoms with Crippen LogP contribution in [0.3, 0.4) is 0 Å². The molecule has 0 spiro atoms. The molecule has 0 aromatic carbocycles. The van der Waals surface area contributed by atoms with E-state index in [1.165, 1.54) is 0 Å². The summed E-state index contributed by atoms with van der Waals surface area (Å²) in [5.41, 5.74) is 0.888. The molecule has 7 heteroatoms. The lowest BCUT2D eigenvalue weighted by Crippen LogP contribution is -2.32. The van der Waals surface area contributed by atoms with Gasteiger partial charge in [-0.3, -0.25) is 9.88 Å². The molecule has 2 rings (SSSR count). The third-order valence-corrected chi connectivity index (χ3v) is 4.90. The van der Waals surface area contributed by atoms with Gasteiger partial charge in [-0.05, 0) is 18.9 Å². The van der Waals surface area contributed by atoms with Crippen LogP contribution in [0.25, 0.3) is 0 Å². The maximum absolute atomic E-state index is 9.62. The Balaban J connectivity index is 1.99. The van der Waals surface area contributed by atoms with E-state index in [0.29, 0.717) is 29.1 Å². The van der Waals surface area contributed by atoms with Crippen LogP contribution in [0.2, 0.25) is 10.0 Å². The monoisotopic (exact) mass is 347 g/mol. The fourth-order valence-corrected chi connectivity index (χ4v) is 3.54. The largest absolute Gasteiger partial charge is 0.396 e. The fourth-order valence-electron chi connectivity index (χ4n) is 3.05. The van der Waals surface area contributed by atoms with Gasteiger partial charge in [-0.2, -0.15) is 0 Å². The van der Waals surface area contributed by atoms with E-state index in [2.05, 4.69) is 14.8 Å². The first kappa shape index (κ1) is 17.9. The SMILES string of the molecule is CN(CCO)C[C@@H]1CN(Cc2c(Cl)cncc2Cl)C[C@@H]1CO. The molecule has 2 heterocycles. The predicted octanol–water partition coefficient (Wildman–Crippen LogP) is 1.35. The summed E-state index contributed by atoms with van der Waals surface area (Å²) in [7, 11) is 1.99. The molecule has 5 nitrogen and oxygen atoms in total. The molecule has 0 radical (unpaired) electrons. The van der Waals surface area contributed by atoms with Gasteiger partial charge in [0.05, 0.1) is 16.7 Å². The Labute approximate surface area is 141 Å². The number of rotatable bonds is 7. The number of aliphatic hydroxyl groups excluding tert-OH is 2. The Bertz CT molecular complexity index is 470. The van der Waals surface area contributed by atoms with Crippen LogP contribution in [0.15, 0.2) is 12.4 Å². The van der Waals surface area contributed by atoms with Crippen molar-refractivity contribution in [2.75, 3.05) is 46.4 Å². The molecule has 22 heavy (non-hydrogen) atoms. The van der Waals surface area contributed by atoms with Crippen LogP contribution >= 0.6 is 23.2 Å². The molecule has 0 amide bonds. The molecular formula is C15H23Cl2N3O2. The number of likely N-dealkylation sites (N-methyl/N-ethyl adjacent to an activating group) is 1. The molecule has 1 saturated heterocycles. The number of hydrogen-bond acceptors (Lipinski definition) is 5. The molecule has 2 N–H and O–H groups in total. The first-order valence-electron chi connectivity index (χ1n) is 7.45. The lowest BCUT2D eigenvalue weighted by atomic mass is 9.96. The molecule has 0 saturated carbocycles. The van der Waals surface area contributed by atoms with E-state index in [1.54, 1.807) is 12.4 Å². The van der Waals surface area contributed by atoms with E-state index >= 15 is 0 Å². The van der Waals surface area contributed by atoms with E-state index in [4.69, 9.17) is 28.3 Å². The summed E-state index contributed by atoms with van der Waals surface area (Å²) >= 11 is 12.4. The zero-order chi connectivity index (χ0) is 16.1. The highest BCUT2D eigenvalue weighted by Crippen LogP contribution is 2.29. The number of hydrogen-bond donors (Lipinski definition) is 2. The van der Waals surface area contributed by atoms with Gasteiger partial charge >= 0.3 is 0 Å². The highest BCUT2D eigenvalue weighted by Gasteiger charge is 2.33. The summed E-state index contributed by atoms with van der Waals surface area (Å²) in [5.74, 6) is 0.612. The van der Waals surface area contributed by atoms with E-state index in [-0.39, 0.29) is 19.1 Å². The lowest BCUT2D eigenvalue weighted by Gasteiger charge is -2.23. The van der Waals surface area contributed by atoms with Crippen molar-refractivity contribution < 1.29 is 10.2 Å². The van der Waals surface area contributed by atoms with Crippen molar-refractivity contribution in [2.45, 2.75) is 6.54 Å². The van der Waals surface area contributed by atoms with Gasteiger partial charge in [0, 0.05) is 57.3 Å². The van der Waals surface area contributed by atoms with Crippen LogP contribution in [-0.2, 0) is 6.54 Å². The number of aliphatic hydroxyl groups is 2. The molecule has 1 aromatic rings. The summed E-state index contributed by atoms with van der Waals surface area (Å²) in [6, 6.07) is 0. The fraction of sp³-hybridized carbons (Fsp3) is 0.667. The molecule has 2 atom stereocenters. The minimum Gasteiger partial charge on any atom is -0.396 e. The van der Waals surface area contributed by atoms with Crippen LogP contribution in [0.1, 0.15) is 5.56 Å². The van der Waals surface area contributed by atoms with Crippen LogP contribution in [-0.4, -0.2) is 71.4 Å². The number of halogens is 2. The topological polar surface area (TPSA) is 59.8 Å². The Morgan fingerprint density at radius 3 is 2.45 bits per heavy atom. The van der Waals surface area contributed by atoms with Crippen molar-refractivity contribution in [1.29, 1.82) is 0 Å². The normalized spacial score (nSPS) is 22.6. The summed E-state index contributed by atoms with van der Waals surface area (Å²) in [4.78, 5) is 8.34. The van der Waals surface area contributed by atoms with E-state index in [1.807, 2.05) is 7.05 Å². The van der Waals surface area contributed by atoms with Crippen LogP contribution < -0.4 is 0 Å². The molecule has 1 fully saturated rings. The summed E-state index contributed by atoms with van der Waals surface area (Å²) in [6.45, 7) is 4.21. The average Bonchev–Trinajstić information content (AvgIpc) is 2.85. The van der Waals surface area contributed by atoms with Crippen LogP contribution in [0.5, 0.6) is 0 Å². The number of aromatic nitrogens is 1. The zero-order valence-electron chi connectivity index (χ0n) is 12.8. The Hall–Kier alpha value is -0.430. The van der Waals surface area contributed by atoms with Gasteiger partial charge in [-0.15, -0.1) is 0 Å². The third kappa shape index (κ3) is 4.54. The third-order valence-electron chi connectivity index (χ3n) is 4.25. The highest BCUT2D eigenvalue weighted by atomic mass is 35.5. The minimum atomic E-state index is 0.152. The standard InChI is InChI=1S/C15H23Cl2N3O2/c1-19(2-3-21)6-11-7-20(8-12(11)10-22)9-13-14(16)4-18-5-15(13)17/h4-5,11-12,21-22H,2-3,6-10H2,1H3/t11-,12-/m1/s1. The van der Waals surface area contributed by atoms with Crippen LogP contribution in [0, 0.1) is 11.8 Å². The first-order chi connectivity index (χ1) is 10.5. The Kier molecular flexibility index (Phi) is 6.87. The maximum Gasteiger partial charge on any atom is 0.0649 e. The second kappa shape index (κ2) is 8.43. The molecule has 1 aliphatic heterocycles. The van der Waals surface area contributed by atoms with Crippen molar-refractivity contribution in [3.05, 3.63) is 28.0 Å². The molecule has 0 unspecified atom stereocenters. The minimum absolute atomic E-state index is 0.152. The van der Waals surface area contributed by atoms with Gasteiger partial charge in [0.25, 0.3) is 0 Å². The first-order valence-corrected chi connectivity index (χ1v) is 8.21. The summed E-state index contributed by atoms with van der Waals surface area (Å²) in [5, 5.41) is 19.8. The molecule has 1 aromatic heterocycles. The van der Waals surface area contributed by atoms with Gasteiger partial charge in [0.2, 0.25) is 0 Å². The van der Waals surface area contributed by atoms with Gasteiger partial charge in [0.15, 0.2) is 0 Å². The van der Waals surface area contributed by atoms with Crippen molar-refractivity contribution in [2.24, 2.45) is 11.8 Å². The molecule has 0 bridgehead atoms. The summed E-state index contributed by atoms with van der Waals surface area (Å²) in [6.07, 6.45) is 3.21. The van der Waals surface area contributed by atoms with Crippen molar-refractivity contribution >= 4 is 23.2 Å². The second-order valence-corrected chi connectivity index (χ2v) is 6.78. The Morgan fingerprint density at radius 2 is 1.86 bits per heavy atom. The van der Waals surface area contributed by atoms with Gasteiger partial charge in [-0.1, -0.05) is 23.2 Å². The van der Waals surface area contributed by atoms with E-state index in [0.717, 1.165) is 25.2 Å². The number of pyridine rings is 1. The van der Waals surface area contributed by atoms with Gasteiger partial charge in [-0.25, -0.2) is 0 Å². The van der Waals surface area contributed by atoms with Crippen LogP contribution in [0.4, 0.5) is 0 Å². The van der Waals surface area contributed by atoms with E-state index < -0.39 is 0 Å². The zero-order valence-corrected chi connectivity index (χ0v) is 14.3. The molecule has 0 aliphatic carbocycles. The molecule has 124 valence electrons. The average molecular weight is 348 g/mol. The van der Waals surface area contributed by atoms with Gasteiger partial charge < -0.3 is 15.1 Å². The molecule has 1 aliphatic rings. The lowest BCUT2D eigenvalue weighted by molar-refractivity contribution is 0.160. The summed E-state index contributed by atoms with van der Waals surface area (Å²) < 4.78 is 0. The highest BCUT2D eigenvalue weighted by molar-refractivity contribution is 6.35. The van der Waals surface area contributed by atoms with Crippen molar-refractivity contribution in [3.8, 4) is 0 Å². The quantitative estimate of drug-likeness (QED) is 0.779. The maximum atomic E-state index is 9.62.